The van der Waals surface area contributed by atoms with E-state index in [9.17, 15) is 18.0 Å². The molecule has 5 nitrogen and oxygen atoms in total. The summed E-state index contributed by atoms with van der Waals surface area (Å²) in [5, 5.41) is 3.09. The number of fused-ring (bicyclic) bond motifs is 1. The third-order valence-corrected chi connectivity index (χ3v) is 4.29. The molecule has 2 heterocycles. The molecule has 1 amide bonds. The summed E-state index contributed by atoms with van der Waals surface area (Å²) in [7, 11) is 0. The molecule has 1 aromatic carbocycles. The molecule has 25 heavy (non-hydrogen) atoms. The number of amides is 1. The zero-order valence-corrected chi connectivity index (χ0v) is 13.6. The Balaban J connectivity index is 1.46. The average molecular weight is 370 g/mol. The van der Waals surface area contributed by atoms with Crippen LogP contribution in [0, 0.1) is 0 Å². The number of aromatic nitrogens is 1. The van der Waals surface area contributed by atoms with E-state index in [-0.39, 0.29) is 18.5 Å². The molecule has 1 N–H and O–H groups in total. The predicted molar refractivity (Wildman–Crippen MR) is 84.4 cm³/mol. The molecule has 0 radical (unpaired) electrons. The van der Waals surface area contributed by atoms with Gasteiger partial charge >= 0.3 is 6.18 Å². The van der Waals surface area contributed by atoms with Gasteiger partial charge in [-0.15, -0.1) is 0 Å². The van der Waals surface area contributed by atoms with Gasteiger partial charge in [0.15, 0.2) is 11.5 Å². The Kier molecular flexibility index (Phi) is 5.03. The fraction of sp³-hybridized carbons (Fsp3) is 0.250. The van der Waals surface area contributed by atoms with E-state index in [1.54, 1.807) is 12.1 Å². The van der Waals surface area contributed by atoms with E-state index in [2.05, 4.69) is 10.3 Å². The van der Waals surface area contributed by atoms with E-state index in [4.69, 9.17) is 9.47 Å². The van der Waals surface area contributed by atoms with E-state index in [1.807, 2.05) is 6.07 Å². The number of benzene rings is 1. The molecule has 2 aromatic rings. The quantitative estimate of drug-likeness (QED) is 0.819. The molecule has 0 aliphatic carbocycles. The maximum Gasteiger partial charge on any atom is 0.417 e. The van der Waals surface area contributed by atoms with Gasteiger partial charge in [-0.2, -0.15) is 13.2 Å². The normalized spacial score (nSPS) is 12.9. The largest absolute Gasteiger partial charge is 0.454 e. The van der Waals surface area contributed by atoms with Crippen molar-refractivity contribution >= 4 is 17.7 Å². The predicted octanol–water partition coefficient (Wildman–Crippen LogP) is 3.24. The summed E-state index contributed by atoms with van der Waals surface area (Å²) in [6.07, 6.45) is -3.66. The van der Waals surface area contributed by atoms with E-state index in [1.165, 1.54) is 6.07 Å². The van der Waals surface area contributed by atoms with Gasteiger partial charge in [-0.05, 0) is 29.8 Å². The zero-order chi connectivity index (χ0) is 17.9. The number of hydrogen-bond donors (Lipinski definition) is 1. The van der Waals surface area contributed by atoms with E-state index in [0.29, 0.717) is 23.1 Å². The Morgan fingerprint density at radius 1 is 1.20 bits per heavy atom. The van der Waals surface area contributed by atoms with Gasteiger partial charge < -0.3 is 14.8 Å². The molecular weight excluding hydrogens is 357 g/mol. The molecule has 1 aliphatic rings. The summed E-state index contributed by atoms with van der Waals surface area (Å²) in [5.74, 6) is 1.11. The van der Waals surface area contributed by atoms with Gasteiger partial charge in [-0.3, -0.25) is 4.79 Å². The number of carbonyl (C=O) groups excluding carboxylic acids is 1. The first-order valence-electron chi connectivity index (χ1n) is 7.23. The first-order chi connectivity index (χ1) is 11.9. The number of hydrogen-bond acceptors (Lipinski definition) is 5. The monoisotopic (exact) mass is 370 g/mol. The molecule has 0 bridgehead atoms. The van der Waals surface area contributed by atoms with Crippen molar-refractivity contribution in [3.05, 3.63) is 47.7 Å². The van der Waals surface area contributed by atoms with Gasteiger partial charge in [0.25, 0.3) is 0 Å². The van der Waals surface area contributed by atoms with Crippen molar-refractivity contribution < 1.29 is 27.4 Å². The number of thioether (sulfide) groups is 1. The van der Waals surface area contributed by atoms with E-state index in [0.717, 1.165) is 29.6 Å². The van der Waals surface area contributed by atoms with Crippen LogP contribution in [-0.4, -0.2) is 23.4 Å². The summed E-state index contributed by atoms with van der Waals surface area (Å²) in [5.41, 5.74) is 0.0411. The molecule has 0 spiro atoms. The smallest absolute Gasteiger partial charge is 0.417 e. The summed E-state index contributed by atoms with van der Waals surface area (Å²) in [6.45, 7) is 0.498. The SMILES string of the molecule is O=C(CSc1ccc(C(F)(F)F)cn1)NCc1ccc2c(c1)OCO2. The minimum absolute atomic E-state index is 0.0584. The highest BCUT2D eigenvalue weighted by Crippen LogP contribution is 2.32. The molecule has 0 unspecified atom stereocenters. The Hall–Kier alpha value is -2.42. The first-order valence-corrected chi connectivity index (χ1v) is 8.21. The minimum atomic E-state index is -4.42. The third kappa shape index (κ3) is 4.56. The van der Waals surface area contributed by atoms with Crippen molar-refractivity contribution in [1.82, 2.24) is 10.3 Å². The molecule has 132 valence electrons. The number of pyridine rings is 1. The lowest BCUT2D eigenvalue weighted by atomic mass is 10.2. The molecule has 0 fully saturated rings. The number of alkyl halides is 3. The number of halogens is 3. The van der Waals surface area contributed by atoms with Crippen molar-refractivity contribution in [1.29, 1.82) is 0 Å². The number of nitrogens with one attached hydrogen (secondary N) is 1. The molecule has 1 aromatic heterocycles. The minimum Gasteiger partial charge on any atom is -0.454 e. The van der Waals surface area contributed by atoms with Gasteiger partial charge in [0, 0.05) is 12.7 Å². The second kappa shape index (κ2) is 7.22. The van der Waals surface area contributed by atoms with Crippen LogP contribution in [0.3, 0.4) is 0 Å². The highest BCUT2D eigenvalue weighted by atomic mass is 32.2. The highest BCUT2D eigenvalue weighted by Gasteiger charge is 2.30. The molecular formula is C16H13F3N2O3S. The maximum atomic E-state index is 12.5. The van der Waals surface area contributed by atoms with Crippen LogP contribution in [0.1, 0.15) is 11.1 Å². The van der Waals surface area contributed by atoms with E-state index < -0.39 is 11.7 Å². The second-order valence-corrected chi connectivity index (χ2v) is 6.13. The first kappa shape index (κ1) is 17.4. The lowest BCUT2D eigenvalue weighted by molar-refractivity contribution is -0.137. The summed E-state index contributed by atoms with van der Waals surface area (Å²) in [6, 6.07) is 7.56. The van der Waals surface area contributed by atoms with Crippen molar-refractivity contribution in [3.63, 3.8) is 0 Å². The Morgan fingerprint density at radius 3 is 2.72 bits per heavy atom. The lowest BCUT2D eigenvalue weighted by Gasteiger charge is -2.07. The van der Waals surface area contributed by atoms with Gasteiger partial charge in [-0.1, -0.05) is 17.8 Å². The summed E-state index contributed by atoms with van der Waals surface area (Å²) < 4.78 is 47.8. The van der Waals surface area contributed by atoms with Crippen LogP contribution in [0.5, 0.6) is 11.5 Å². The van der Waals surface area contributed by atoms with Crippen molar-refractivity contribution in [2.75, 3.05) is 12.5 Å². The van der Waals surface area contributed by atoms with Crippen LogP contribution in [0.2, 0.25) is 0 Å². The topological polar surface area (TPSA) is 60.5 Å². The van der Waals surface area contributed by atoms with Gasteiger partial charge in [0.1, 0.15) is 0 Å². The second-order valence-electron chi connectivity index (χ2n) is 5.14. The van der Waals surface area contributed by atoms with Crippen molar-refractivity contribution in [2.24, 2.45) is 0 Å². The van der Waals surface area contributed by atoms with Crippen LogP contribution in [0.15, 0.2) is 41.6 Å². The number of nitrogens with zero attached hydrogens (tertiary/aromatic N) is 1. The molecule has 3 rings (SSSR count). The third-order valence-electron chi connectivity index (χ3n) is 3.34. The van der Waals surface area contributed by atoms with E-state index >= 15 is 0 Å². The van der Waals surface area contributed by atoms with Crippen LogP contribution in [0.25, 0.3) is 0 Å². The maximum absolute atomic E-state index is 12.5. The molecule has 0 saturated carbocycles. The highest BCUT2D eigenvalue weighted by molar-refractivity contribution is 7.99. The number of rotatable bonds is 5. The Labute approximate surface area is 145 Å². The molecule has 0 atom stereocenters. The van der Waals surface area contributed by atoms with Crippen LogP contribution in [-0.2, 0) is 17.5 Å². The summed E-state index contributed by atoms with van der Waals surface area (Å²) >= 11 is 1.07. The summed E-state index contributed by atoms with van der Waals surface area (Å²) in [4.78, 5) is 15.6. The standard InChI is InChI=1S/C16H13F3N2O3S/c17-16(18,19)11-2-4-15(21-7-11)25-8-14(22)20-6-10-1-3-12-13(5-10)24-9-23-12/h1-5,7H,6,8-9H2,(H,20,22). The van der Waals surface area contributed by atoms with Crippen molar-refractivity contribution in [2.45, 2.75) is 17.7 Å². The number of ether oxygens (including phenoxy) is 2. The van der Waals surface area contributed by atoms with Crippen LogP contribution < -0.4 is 14.8 Å². The van der Waals surface area contributed by atoms with Crippen LogP contribution in [0.4, 0.5) is 13.2 Å². The van der Waals surface area contributed by atoms with Gasteiger partial charge in [-0.25, -0.2) is 4.98 Å². The van der Waals surface area contributed by atoms with Crippen LogP contribution >= 0.6 is 11.8 Å². The molecule has 0 saturated heterocycles. The Morgan fingerprint density at radius 2 is 2.00 bits per heavy atom. The molecule has 9 heteroatoms. The van der Waals surface area contributed by atoms with Gasteiger partial charge in [0.05, 0.1) is 16.3 Å². The fourth-order valence-electron chi connectivity index (χ4n) is 2.08. The Bertz CT molecular complexity index is 766. The van der Waals surface area contributed by atoms with Gasteiger partial charge in [0.2, 0.25) is 12.7 Å². The lowest BCUT2D eigenvalue weighted by Crippen LogP contribution is -2.24. The molecule has 1 aliphatic heterocycles. The fourth-order valence-corrected chi connectivity index (χ4v) is 2.75. The zero-order valence-electron chi connectivity index (χ0n) is 12.8. The number of carbonyl (C=O) groups is 1. The van der Waals surface area contributed by atoms with Crippen molar-refractivity contribution in [3.8, 4) is 11.5 Å². The average Bonchev–Trinajstić information content (AvgIpc) is 3.05.